The maximum Gasteiger partial charge on any atom is 0.411 e. The van der Waals surface area contributed by atoms with Crippen LogP contribution in [-0.4, -0.2) is 23.1 Å². The molecule has 0 radical (unpaired) electrons. The first-order valence-corrected chi connectivity index (χ1v) is 7.96. The molecule has 1 aliphatic carbocycles. The van der Waals surface area contributed by atoms with Crippen molar-refractivity contribution >= 4 is 11.8 Å². The number of benzene rings is 1. The van der Waals surface area contributed by atoms with Crippen LogP contribution < -0.4 is 5.73 Å². The van der Waals surface area contributed by atoms with Crippen molar-refractivity contribution in [2.75, 3.05) is 12.3 Å². The van der Waals surface area contributed by atoms with Crippen LogP contribution in [0.1, 0.15) is 58.6 Å². The number of carbonyl (C=O) groups is 1. The summed E-state index contributed by atoms with van der Waals surface area (Å²) >= 11 is 0. The zero-order valence-electron chi connectivity index (χ0n) is 14.2. The lowest BCUT2D eigenvalue weighted by molar-refractivity contribution is -0.00486. The van der Waals surface area contributed by atoms with Gasteiger partial charge in [-0.05, 0) is 70.7 Å². The summed E-state index contributed by atoms with van der Waals surface area (Å²) in [7, 11) is 0. The van der Waals surface area contributed by atoms with Gasteiger partial charge in [0.25, 0.3) is 0 Å². The van der Waals surface area contributed by atoms with Crippen molar-refractivity contribution in [2.24, 2.45) is 0 Å². The van der Waals surface area contributed by atoms with Gasteiger partial charge in [-0.3, -0.25) is 4.90 Å². The van der Waals surface area contributed by atoms with E-state index in [2.05, 4.69) is 26.0 Å². The molecule has 1 heterocycles. The molecule has 120 valence electrons. The first-order valence-electron chi connectivity index (χ1n) is 7.96. The topological polar surface area (TPSA) is 55.6 Å². The maximum absolute atomic E-state index is 12.7. The quantitative estimate of drug-likeness (QED) is 0.742. The minimum absolute atomic E-state index is 0.0805. The van der Waals surface area contributed by atoms with E-state index < -0.39 is 5.60 Å². The minimum Gasteiger partial charge on any atom is -0.444 e. The molecule has 0 aromatic heterocycles. The number of fused-ring (bicyclic) bond motifs is 2. The van der Waals surface area contributed by atoms with Crippen molar-refractivity contribution in [3.8, 4) is 0 Å². The molecule has 1 aromatic carbocycles. The fraction of sp³-hybridized carbons (Fsp3) is 0.611. The molecule has 1 aliphatic heterocycles. The van der Waals surface area contributed by atoms with Gasteiger partial charge in [0.2, 0.25) is 0 Å². The fourth-order valence-corrected chi connectivity index (χ4v) is 3.45. The number of ether oxygens (including phenoxy) is 1. The number of hydrogen-bond acceptors (Lipinski definition) is 3. The van der Waals surface area contributed by atoms with E-state index in [-0.39, 0.29) is 17.0 Å². The molecule has 1 saturated carbocycles. The standard InChI is InChI=1S/C18H26N2O2/c1-16(2,3)22-15(21)20-11-18(8-9-18)14-10-12(19)6-7-13(14)17(20,4)5/h6-7,10H,8-9,11,19H2,1-5H3. The Morgan fingerprint density at radius 2 is 1.86 bits per heavy atom. The van der Waals surface area contributed by atoms with Gasteiger partial charge < -0.3 is 10.5 Å². The lowest BCUT2D eigenvalue weighted by atomic mass is 9.76. The summed E-state index contributed by atoms with van der Waals surface area (Å²) in [6, 6.07) is 6.09. The number of anilines is 1. The van der Waals surface area contributed by atoms with Crippen molar-refractivity contribution in [1.82, 2.24) is 4.90 Å². The molecule has 22 heavy (non-hydrogen) atoms. The van der Waals surface area contributed by atoms with Crippen LogP contribution in [0, 0.1) is 0 Å². The van der Waals surface area contributed by atoms with Gasteiger partial charge in [0.15, 0.2) is 0 Å². The number of rotatable bonds is 0. The normalized spacial score (nSPS) is 21.4. The Kier molecular flexibility index (Phi) is 3.04. The zero-order valence-corrected chi connectivity index (χ0v) is 14.2. The molecule has 0 unspecified atom stereocenters. The second-order valence-electron chi connectivity index (χ2n) is 8.21. The molecule has 4 heteroatoms. The Morgan fingerprint density at radius 3 is 2.41 bits per heavy atom. The monoisotopic (exact) mass is 302 g/mol. The van der Waals surface area contributed by atoms with Crippen LogP contribution in [-0.2, 0) is 15.7 Å². The van der Waals surface area contributed by atoms with E-state index in [4.69, 9.17) is 10.5 Å². The highest BCUT2D eigenvalue weighted by molar-refractivity contribution is 5.72. The smallest absolute Gasteiger partial charge is 0.411 e. The lowest BCUT2D eigenvalue weighted by Gasteiger charge is -2.47. The van der Waals surface area contributed by atoms with Crippen molar-refractivity contribution in [3.63, 3.8) is 0 Å². The number of amides is 1. The number of nitrogens with two attached hydrogens (primary N) is 1. The second-order valence-corrected chi connectivity index (χ2v) is 8.21. The highest BCUT2D eigenvalue weighted by atomic mass is 16.6. The van der Waals surface area contributed by atoms with E-state index >= 15 is 0 Å². The van der Waals surface area contributed by atoms with Gasteiger partial charge in [-0.1, -0.05) is 6.07 Å². The van der Waals surface area contributed by atoms with Gasteiger partial charge in [0.05, 0.1) is 5.54 Å². The minimum atomic E-state index is -0.481. The van der Waals surface area contributed by atoms with Gasteiger partial charge in [-0.2, -0.15) is 0 Å². The molecule has 0 saturated heterocycles. The Bertz CT molecular complexity index is 624. The molecule has 2 N–H and O–H groups in total. The highest BCUT2D eigenvalue weighted by Crippen LogP contribution is 2.56. The van der Waals surface area contributed by atoms with Gasteiger partial charge in [-0.25, -0.2) is 4.79 Å². The van der Waals surface area contributed by atoms with Crippen molar-refractivity contribution in [3.05, 3.63) is 29.3 Å². The molecule has 1 fully saturated rings. The summed E-state index contributed by atoms with van der Waals surface area (Å²) < 4.78 is 5.63. The molecule has 2 aliphatic rings. The van der Waals surface area contributed by atoms with Crippen molar-refractivity contribution in [1.29, 1.82) is 0 Å². The third kappa shape index (κ3) is 2.34. The number of hydrogen-bond donors (Lipinski definition) is 1. The molecule has 1 amide bonds. The van der Waals surface area contributed by atoms with E-state index in [1.807, 2.05) is 31.7 Å². The number of nitrogens with zero attached hydrogens (tertiary/aromatic N) is 1. The summed E-state index contributed by atoms with van der Waals surface area (Å²) in [5.41, 5.74) is 8.51. The third-order valence-corrected chi connectivity index (χ3v) is 4.88. The Balaban J connectivity index is 2.02. The molecule has 4 nitrogen and oxygen atoms in total. The van der Waals surface area contributed by atoms with E-state index in [9.17, 15) is 4.79 Å². The largest absolute Gasteiger partial charge is 0.444 e. The molecular formula is C18H26N2O2. The molecule has 3 rings (SSSR count). The van der Waals surface area contributed by atoms with E-state index in [0.29, 0.717) is 6.54 Å². The second kappa shape index (κ2) is 4.40. The van der Waals surface area contributed by atoms with Crippen LogP contribution in [0.15, 0.2) is 18.2 Å². The molecule has 1 spiro atoms. The summed E-state index contributed by atoms with van der Waals surface area (Å²) in [4.78, 5) is 14.6. The van der Waals surface area contributed by atoms with Crippen LogP contribution in [0.3, 0.4) is 0 Å². The van der Waals surface area contributed by atoms with Gasteiger partial charge >= 0.3 is 6.09 Å². The number of carbonyl (C=O) groups excluding carboxylic acids is 1. The SMILES string of the molecule is CC(C)(C)OC(=O)N1CC2(CC2)c2cc(N)ccc2C1(C)C. The van der Waals surface area contributed by atoms with Crippen molar-refractivity contribution < 1.29 is 9.53 Å². The Labute approximate surface area is 132 Å². The Hall–Kier alpha value is -1.71. The van der Waals surface area contributed by atoms with Gasteiger partial charge in [0.1, 0.15) is 5.60 Å². The summed E-state index contributed by atoms with van der Waals surface area (Å²) in [5.74, 6) is 0. The number of nitrogen functional groups attached to an aromatic ring is 1. The van der Waals surface area contributed by atoms with E-state index in [0.717, 1.165) is 18.5 Å². The molecule has 0 atom stereocenters. The zero-order chi connectivity index (χ0) is 16.3. The Morgan fingerprint density at radius 1 is 1.23 bits per heavy atom. The predicted molar refractivity (Wildman–Crippen MR) is 87.7 cm³/mol. The van der Waals surface area contributed by atoms with Crippen LogP contribution in [0.5, 0.6) is 0 Å². The van der Waals surface area contributed by atoms with E-state index in [1.54, 1.807) is 0 Å². The van der Waals surface area contributed by atoms with Gasteiger partial charge in [0, 0.05) is 17.6 Å². The summed E-state index contributed by atoms with van der Waals surface area (Å²) in [6.45, 7) is 10.6. The average Bonchev–Trinajstić information content (AvgIpc) is 3.12. The highest BCUT2D eigenvalue weighted by Gasteiger charge is 2.55. The summed E-state index contributed by atoms with van der Waals surface area (Å²) in [6.07, 6.45) is 1.99. The molecular weight excluding hydrogens is 276 g/mol. The van der Waals surface area contributed by atoms with Crippen LogP contribution in [0.25, 0.3) is 0 Å². The first kappa shape index (κ1) is 15.2. The average molecular weight is 302 g/mol. The predicted octanol–water partition coefficient (Wildman–Crippen LogP) is 3.79. The third-order valence-electron chi connectivity index (χ3n) is 4.88. The van der Waals surface area contributed by atoms with Crippen LogP contribution >= 0.6 is 0 Å². The van der Waals surface area contributed by atoms with Crippen LogP contribution in [0.4, 0.5) is 10.5 Å². The molecule has 0 bridgehead atoms. The fourth-order valence-electron chi connectivity index (χ4n) is 3.45. The van der Waals surface area contributed by atoms with Crippen LogP contribution in [0.2, 0.25) is 0 Å². The van der Waals surface area contributed by atoms with E-state index in [1.165, 1.54) is 11.1 Å². The lowest BCUT2D eigenvalue weighted by Crippen LogP contribution is -2.54. The van der Waals surface area contributed by atoms with Crippen molar-refractivity contribution in [2.45, 2.75) is 64.0 Å². The maximum atomic E-state index is 12.7. The summed E-state index contributed by atoms with van der Waals surface area (Å²) in [5, 5.41) is 0. The van der Waals surface area contributed by atoms with Gasteiger partial charge in [-0.15, -0.1) is 0 Å². The molecule has 1 aromatic rings. The first-order chi connectivity index (χ1) is 10.1.